The normalized spacial score (nSPS) is 11.0. The molecule has 7 nitrogen and oxygen atoms in total. The Morgan fingerprint density at radius 2 is 1.97 bits per heavy atom. The predicted molar refractivity (Wildman–Crippen MR) is 138 cm³/mol. The monoisotopic (exact) mass is 511 g/mol. The van der Waals surface area contributed by atoms with Crippen LogP contribution in [0.5, 0.6) is 17.2 Å². The van der Waals surface area contributed by atoms with E-state index in [9.17, 15) is 10.1 Å². The lowest BCUT2D eigenvalue weighted by Crippen LogP contribution is -2.13. The van der Waals surface area contributed by atoms with Crippen molar-refractivity contribution in [3.05, 3.63) is 69.2 Å². The number of amides is 1. The number of ether oxygens (including phenoxy) is 3. The van der Waals surface area contributed by atoms with Gasteiger partial charge in [0.15, 0.2) is 16.6 Å². The molecule has 1 amide bonds. The van der Waals surface area contributed by atoms with Crippen LogP contribution < -0.4 is 19.5 Å². The number of rotatable bonds is 11. The largest absolute Gasteiger partial charge is 0.493 e. The topological polar surface area (TPSA) is 93.5 Å². The van der Waals surface area contributed by atoms with Crippen LogP contribution in [-0.4, -0.2) is 30.7 Å². The van der Waals surface area contributed by atoms with E-state index in [1.807, 2.05) is 45.0 Å². The van der Waals surface area contributed by atoms with Crippen LogP contribution in [0, 0.1) is 25.2 Å². The van der Waals surface area contributed by atoms with Crippen LogP contribution >= 0.6 is 22.9 Å². The number of benzene rings is 2. The standard InChI is InChI=1S/C26H26ClN3O4S/c1-4-32-23-15-19(13-20(16-28)25(31)30-26-29-8-11-35-26)14-21(27)24(23)34-10-5-9-33-22-12-17(2)6-7-18(22)3/h6-8,11-15H,4-5,9-10H2,1-3H3,(H,29,30,31). The molecular weight excluding hydrogens is 486 g/mol. The van der Waals surface area contributed by atoms with E-state index in [1.165, 1.54) is 17.4 Å². The van der Waals surface area contributed by atoms with Gasteiger partial charge in [0, 0.05) is 18.0 Å². The van der Waals surface area contributed by atoms with Gasteiger partial charge >= 0.3 is 0 Å². The van der Waals surface area contributed by atoms with Crippen molar-refractivity contribution < 1.29 is 19.0 Å². The molecule has 0 saturated heterocycles. The number of aryl methyl sites for hydroxylation is 2. The maximum absolute atomic E-state index is 12.4. The van der Waals surface area contributed by atoms with Crippen molar-refractivity contribution in [1.82, 2.24) is 4.98 Å². The summed E-state index contributed by atoms with van der Waals surface area (Å²) in [6, 6.07) is 11.3. The van der Waals surface area contributed by atoms with Crippen molar-refractivity contribution in [1.29, 1.82) is 5.26 Å². The molecule has 3 aromatic rings. The number of thiazole rings is 1. The minimum absolute atomic E-state index is 0.0871. The second kappa shape index (κ2) is 12.8. The Hall–Kier alpha value is -3.54. The van der Waals surface area contributed by atoms with Crippen molar-refractivity contribution in [2.45, 2.75) is 27.2 Å². The zero-order chi connectivity index (χ0) is 25.2. The molecule has 3 rings (SSSR count). The molecule has 35 heavy (non-hydrogen) atoms. The second-order valence-corrected chi connectivity index (χ2v) is 8.85. The molecular formula is C26H26ClN3O4S. The molecule has 1 aromatic heterocycles. The number of aromatic nitrogens is 1. The maximum Gasteiger partial charge on any atom is 0.268 e. The van der Waals surface area contributed by atoms with E-state index in [0.29, 0.717) is 53.5 Å². The first kappa shape index (κ1) is 26.1. The molecule has 9 heteroatoms. The Labute approximate surface area is 213 Å². The lowest BCUT2D eigenvalue weighted by molar-refractivity contribution is -0.112. The van der Waals surface area contributed by atoms with E-state index in [1.54, 1.807) is 23.7 Å². The summed E-state index contributed by atoms with van der Waals surface area (Å²) in [5.74, 6) is 1.14. The Kier molecular flexibility index (Phi) is 9.53. The SMILES string of the molecule is CCOc1cc(C=C(C#N)C(=O)Nc2nccs2)cc(Cl)c1OCCCOc1cc(C)ccc1C. The average molecular weight is 512 g/mol. The Morgan fingerprint density at radius 3 is 2.69 bits per heavy atom. The highest BCUT2D eigenvalue weighted by Gasteiger charge is 2.15. The highest BCUT2D eigenvalue weighted by atomic mass is 35.5. The van der Waals surface area contributed by atoms with Crippen LogP contribution in [0.1, 0.15) is 30.0 Å². The molecule has 182 valence electrons. The van der Waals surface area contributed by atoms with Gasteiger partial charge < -0.3 is 14.2 Å². The van der Waals surface area contributed by atoms with Crippen LogP contribution in [0.25, 0.3) is 6.08 Å². The number of halogens is 1. The third kappa shape index (κ3) is 7.47. The smallest absolute Gasteiger partial charge is 0.268 e. The van der Waals surface area contributed by atoms with E-state index in [-0.39, 0.29) is 5.57 Å². The molecule has 0 radical (unpaired) electrons. The van der Waals surface area contributed by atoms with E-state index in [0.717, 1.165) is 16.9 Å². The lowest BCUT2D eigenvalue weighted by atomic mass is 10.1. The minimum atomic E-state index is -0.555. The maximum atomic E-state index is 12.4. The molecule has 0 fully saturated rings. The molecule has 2 aromatic carbocycles. The summed E-state index contributed by atoms with van der Waals surface area (Å²) in [6.45, 7) is 7.14. The van der Waals surface area contributed by atoms with Crippen LogP contribution in [0.4, 0.5) is 5.13 Å². The first-order chi connectivity index (χ1) is 16.9. The third-order valence-electron chi connectivity index (χ3n) is 4.80. The van der Waals surface area contributed by atoms with Crippen molar-refractivity contribution >= 4 is 40.1 Å². The molecule has 0 aliphatic heterocycles. The number of carbonyl (C=O) groups is 1. The number of hydrogen-bond donors (Lipinski definition) is 1. The fourth-order valence-electron chi connectivity index (χ4n) is 3.12. The van der Waals surface area contributed by atoms with Gasteiger partial charge in [-0.1, -0.05) is 23.7 Å². The number of carbonyl (C=O) groups excluding carboxylic acids is 1. The van der Waals surface area contributed by atoms with Crippen molar-refractivity contribution in [3.63, 3.8) is 0 Å². The lowest BCUT2D eigenvalue weighted by Gasteiger charge is -2.15. The average Bonchev–Trinajstić information content (AvgIpc) is 3.34. The van der Waals surface area contributed by atoms with E-state index in [4.69, 9.17) is 25.8 Å². The summed E-state index contributed by atoms with van der Waals surface area (Å²) in [4.78, 5) is 16.4. The Morgan fingerprint density at radius 1 is 1.17 bits per heavy atom. The first-order valence-electron chi connectivity index (χ1n) is 11.0. The van der Waals surface area contributed by atoms with E-state index in [2.05, 4.69) is 10.3 Å². The minimum Gasteiger partial charge on any atom is -0.493 e. The molecule has 0 aliphatic carbocycles. The quantitative estimate of drug-likeness (QED) is 0.187. The summed E-state index contributed by atoms with van der Waals surface area (Å²) in [5.41, 5.74) is 2.68. The van der Waals surface area contributed by atoms with Crippen LogP contribution in [-0.2, 0) is 4.79 Å². The molecule has 1 heterocycles. The molecule has 0 bridgehead atoms. The number of nitrogens with one attached hydrogen (secondary N) is 1. The van der Waals surface area contributed by atoms with E-state index >= 15 is 0 Å². The van der Waals surface area contributed by atoms with Gasteiger partial charge in [-0.25, -0.2) is 4.98 Å². The Bertz CT molecular complexity index is 1240. The van der Waals surface area contributed by atoms with Gasteiger partial charge in [0.25, 0.3) is 5.91 Å². The highest BCUT2D eigenvalue weighted by Crippen LogP contribution is 2.37. The highest BCUT2D eigenvalue weighted by molar-refractivity contribution is 7.13. The first-order valence-corrected chi connectivity index (χ1v) is 12.3. The second-order valence-electron chi connectivity index (χ2n) is 7.54. The summed E-state index contributed by atoms with van der Waals surface area (Å²) < 4.78 is 17.5. The third-order valence-corrected chi connectivity index (χ3v) is 5.77. The van der Waals surface area contributed by atoms with Gasteiger partial charge in [0.2, 0.25) is 0 Å². The van der Waals surface area contributed by atoms with Gasteiger partial charge in [-0.15, -0.1) is 11.3 Å². The molecule has 0 spiro atoms. The molecule has 1 N–H and O–H groups in total. The summed E-state index contributed by atoms with van der Waals surface area (Å²) in [6.07, 6.45) is 3.66. The van der Waals surface area contributed by atoms with Crippen molar-refractivity contribution in [2.75, 3.05) is 25.1 Å². The zero-order valence-corrected chi connectivity index (χ0v) is 21.3. The van der Waals surface area contributed by atoms with Crippen molar-refractivity contribution in [2.24, 2.45) is 0 Å². The number of nitrogens with zero attached hydrogens (tertiary/aromatic N) is 2. The molecule has 0 atom stereocenters. The van der Waals surface area contributed by atoms with Crippen LogP contribution in [0.15, 0.2) is 47.5 Å². The predicted octanol–water partition coefficient (Wildman–Crippen LogP) is 6.21. The summed E-state index contributed by atoms with van der Waals surface area (Å²) in [5, 5.41) is 14.5. The summed E-state index contributed by atoms with van der Waals surface area (Å²) >= 11 is 7.74. The van der Waals surface area contributed by atoms with Crippen LogP contribution in [0.2, 0.25) is 5.02 Å². The van der Waals surface area contributed by atoms with Gasteiger partial charge in [0.05, 0.1) is 24.8 Å². The fourth-order valence-corrected chi connectivity index (χ4v) is 3.91. The van der Waals surface area contributed by atoms with Gasteiger partial charge in [-0.3, -0.25) is 10.1 Å². The number of nitriles is 1. The van der Waals surface area contributed by atoms with Gasteiger partial charge in [-0.05, 0) is 61.7 Å². The molecule has 0 aliphatic rings. The van der Waals surface area contributed by atoms with Gasteiger partial charge in [-0.2, -0.15) is 5.26 Å². The van der Waals surface area contributed by atoms with Gasteiger partial charge in [0.1, 0.15) is 17.4 Å². The van der Waals surface area contributed by atoms with Crippen molar-refractivity contribution in [3.8, 4) is 23.3 Å². The number of anilines is 1. The van der Waals surface area contributed by atoms with E-state index < -0.39 is 5.91 Å². The zero-order valence-electron chi connectivity index (χ0n) is 19.8. The van der Waals surface area contributed by atoms with Crippen LogP contribution in [0.3, 0.4) is 0 Å². The fraction of sp³-hybridized carbons (Fsp3) is 0.269. The Balaban J connectivity index is 1.66. The summed E-state index contributed by atoms with van der Waals surface area (Å²) in [7, 11) is 0. The molecule has 0 unspecified atom stereocenters. The molecule has 0 saturated carbocycles. The number of hydrogen-bond acceptors (Lipinski definition) is 7.